The number of benzene rings is 1. The molecule has 6 nitrogen and oxygen atoms in total. The van der Waals surface area contributed by atoms with Gasteiger partial charge in [0.1, 0.15) is 5.60 Å². The van der Waals surface area contributed by atoms with Gasteiger partial charge in [-0.3, -0.25) is 5.43 Å². The van der Waals surface area contributed by atoms with Crippen LogP contribution in [0.4, 0.5) is 4.79 Å². The minimum Gasteiger partial charge on any atom is -0.493 e. The molecule has 0 bridgehead atoms. The second kappa shape index (κ2) is 7.51. The van der Waals surface area contributed by atoms with Crippen LogP contribution in [0.1, 0.15) is 26.3 Å². The van der Waals surface area contributed by atoms with Gasteiger partial charge < -0.3 is 14.2 Å². The van der Waals surface area contributed by atoms with Gasteiger partial charge in [-0.2, -0.15) is 0 Å². The van der Waals surface area contributed by atoms with Gasteiger partial charge >= 0.3 is 6.09 Å². The van der Waals surface area contributed by atoms with E-state index >= 15 is 0 Å². The van der Waals surface area contributed by atoms with E-state index in [9.17, 15) is 4.79 Å². The molecule has 2 N–H and O–H groups in total. The van der Waals surface area contributed by atoms with Crippen molar-refractivity contribution >= 4 is 22.0 Å². The van der Waals surface area contributed by atoms with E-state index in [-0.39, 0.29) is 0 Å². The highest BCUT2D eigenvalue weighted by atomic mass is 79.9. The largest absolute Gasteiger partial charge is 0.493 e. The van der Waals surface area contributed by atoms with Gasteiger partial charge in [0.2, 0.25) is 0 Å². The van der Waals surface area contributed by atoms with Crippen LogP contribution < -0.4 is 20.3 Å². The SMILES string of the molecule is COc1cc(Br)c(CNNC(=O)OC(C)(C)C)cc1OC. The third kappa shape index (κ3) is 5.81. The smallest absolute Gasteiger partial charge is 0.422 e. The Morgan fingerprint density at radius 1 is 1.19 bits per heavy atom. The summed E-state index contributed by atoms with van der Waals surface area (Å²) in [5.74, 6) is 1.25. The van der Waals surface area contributed by atoms with Crippen LogP contribution in [0, 0.1) is 0 Å². The van der Waals surface area contributed by atoms with Crippen molar-refractivity contribution in [2.45, 2.75) is 32.9 Å². The number of methoxy groups -OCH3 is 2. The predicted octanol–water partition coefficient (Wildman–Crippen LogP) is 3.00. The van der Waals surface area contributed by atoms with Crippen LogP contribution >= 0.6 is 15.9 Å². The summed E-state index contributed by atoms with van der Waals surface area (Å²) in [6.07, 6.45) is -0.529. The molecule has 0 aliphatic carbocycles. The molecule has 0 saturated carbocycles. The Hall–Kier alpha value is -1.47. The predicted molar refractivity (Wildman–Crippen MR) is 83.5 cm³/mol. The normalized spacial score (nSPS) is 11.0. The van der Waals surface area contributed by atoms with Crippen LogP contribution in [-0.4, -0.2) is 25.9 Å². The third-order valence-electron chi connectivity index (χ3n) is 2.42. The molecule has 0 fully saturated rings. The lowest BCUT2D eigenvalue weighted by Gasteiger charge is -2.20. The minimum atomic E-state index is -0.532. The van der Waals surface area contributed by atoms with Crippen molar-refractivity contribution in [3.63, 3.8) is 0 Å². The summed E-state index contributed by atoms with van der Waals surface area (Å²) in [5, 5.41) is 0. The van der Waals surface area contributed by atoms with Crippen molar-refractivity contribution in [1.82, 2.24) is 10.9 Å². The maximum Gasteiger partial charge on any atom is 0.422 e. The zero-order chi connectivity index (χ0) is 16.0. The highest BCUT2D eigenvalue weighted by Crippen LogP contribution is 2.33. The third-order valence-corrected chi connectivity index (χ3v) is 3.16. The fourth-order valence-corrected chi connectivity index (χ4v) is 2.01. The van der Waals surface area contributed by atoms with Crippen molar-refractivity contribution in [2.24, 2.45) is 0 Å². The quantitative estimate of drug-likeness (QED) is 0.790. The molecule has 0 saturated heterocycles. The Balaban J connectivity index is 2.62. The van der Waals surface area contributed by atoms with Crippen molar-refractivity contribution < 1.29 is 19.0 Å². The van der Waals surface area contributed by atoms with E-state index in [0.29, 0.717) is 18.0 Å². The van der Waals surface area contributed by atoms with Gasteiger partial charge in [0, 0.05) is 11.0 Å². The van der Waals surface area contributed by atoms with Gasteiger partial charge in [-0.05, 0) is 38.5 Å². The lowest BCUT2D eigenvalue weighted by molar-refractivity contribution is 0.0497. The van der Waals surface area contributed by atoms with E-state index in [1.807, 2.05) is 12.1 Å². The maximum absolute atomic E-state index is 11.5. The molecule has 0 heterocycles. The van der Waals surface area contributed by atoms with E-state index in [1.165, 1.54) is 0 Å². The number of hydrogen-bond donors (Lipinski definition) is 2. The lowest BCUT2D eigenvalue weighted by Crippen LogP contribution is -2.40. The molecule has 0 aliphatic rings. The second-order valence-corrected chi connectivity index (χ2v) is 6.13. The Bertz CT molecular complexity index is 500. The summed E-state index contributed by atoms with van der Waals surface area (Å²) in [7, 11) is 3.15. The molecule has 7 heteroatoms. The molecule has 1 rings (SSSR count). The van der Waals surface area contributed by atoms with Gasteiger partial charge in [0.05, 0.1) is 14.2 Å². The molecule has 21 heavy (non-hydrogen) atoms. The fraction of sp³-hybridized carbons (Fsp3) is 0.500. The highest BCUT2D eigenvalue weighted by Gasteiger charge is 2.16. The zero-order valence-electron chi connectivity index (χ0n) is 12.9. The van der Waals surface area contributed by atoms with E-state index in [4.69, 9.17) is 14.2 Å². The molecule has 0 radical (unpaired) electrons. The first-order chi connectivity index (χ1) is 9.76. The van der Waals surface area contributed by atoms with E-state index in [1.54, 1.807) is 35.0 Å². The van der Waals surface area contributed by atoms with Crippen molar-refractivity contribution in [3.05, 3.63) is 22.2 Å². The summed E-state index contributed by atoms with van der Waals surface area (Å²) in [4.78, 5) is 11.5. The van der Waals surface area contributed by atoms with Crippen LogP contribution in [0.2, 0.25) is 0 Å². The number of carbonyl (C=O) groups excluding carboxylic acids is 1. The highest BCUT2D eigenvalue weighted by molar-refractivity contribution is 9.10. The van der Waals surface area contributed by atoms with Crippen LogP contribution in [-0.2, 0) is 11.3 Å². The van der Waals surface area contributed by atoms with Gasteiger partial charge in [0.25, 0.3) is 0 Å². The first kappa shape index (κ1) is 17.6. The second-order valence-electron chi connectivity index (χ2n) is 5.28. The average molecular weight is 361 g/mol. The summed E-state index contributed by atoms with van der Waals surface area (Å²) in [6.45, 7) is 5.81. The Morgan fingerprint density at radius 2 is 1.76 bits per heavy atom. The molecule has 0 aliphatic heterocycles. The molecular weight excluding hydrogens is 340 g/mol. The molecular formula is C14H21BrN2O4. The van der Waals surface area contributed by atoms with Crippen molar-refractivity contribution in [2.75, 3.05) is 14.2 Å². The number of ether oxygens (including phenoxy) is 3. The zero-order valence-corrected chi connectivity index (χ0v) is 14.5. The summed E-state index contributed by atoms with van der Waals surface area (Å²) in [6, 6.07) is 3.63. The Labute approximate surface area is 133 Å². The van der Waals surface area contributed by atoms with Gasteiger partial charge in [0.15, 0.2) is 11.5 Å². The first-order valence-electron chi connectivity index (χ1n) is 6.39. The summed E-state index contributed by atoms with van der Waals surface area (Å²) < 4.78 is 16.4. The molecule has 0 atom stereocenters. The minimum absolute atomic E-state index is 0.403. The number of hydrogen-bond acceptors (Lipinski definition) is 5. The van der Waals surface area contributed by atoms with Crippen LogP contribution in [0.3, 0.4) is 0 Å². The molecule has 0 aromatic heterocycles. The van der Waals surface area contributed by atoms with E-state index < -0.39 is 11.7 Å². The molecule has 118 valence electrons. The van der Waals surface area contributed by atoms with Crippen LogP contribution in [0.5, 0.6) is 11.5 Å². The monoisotopic (exact) mass is 360 g/mol. The van der Waals surface area contributed by atoms with Gasteiger partial charge in [-0.1, -0.05) is 15.9 Å². The fourth-order valence-electron chi connectivity index (χ4n) is 1.55. The van der Waals surface area contributed by atoms with E-state index in [2.05, 4.69) is 26.8 Å². The number of carbonyl (C=O) groups is 1. The number of nitrogens with one attached hydrogen (secondary N) is 2. The maximum atomic E-state index is 11.5. The van der Waals surface area contributed by atoms with Crippen molar-refractivity contribution in [1.29, 1.82) is 0 Å². The first-order valence-corrected chi connectivity index (χ1v) is 7.18. The summed E-state index contributed by atoms with van der Waals surface area (Å²) >= 11 is 3.45. The Morgan fingerprint density at radius 3 is 2.29 bits per heavy atom. The lowest BCUT2D eigenvalue weighted by atomic mass is 10.2. The number of halogens is 1. The number of hydrazine groups is 1. The molecule has 0 spiro atoms. The van der Waals surface area contributed by atoms with E-state index in [0.717, 1.165) is 10.0 Å². The molecule has 1 aromatic rings. The van der Waals surface area contributed by atoms with Gasteiger partial charge in [-0.25, -0.2) is 10.2 Å². The molecule has 1 amide bonds. The number of amides is 1. The summed E-state index contributed by atoms with van der Waals surface area (Å²) in [5.41, 5.74) is 5.65. The number of rotatable bonds is 5. The average Bonchev–Trinajstić information content (AvgIpc) is 2.38. The molecule has 0 unspecified atom stereocenters. The van der Waals surface area contributed by atoms with Crippen LogP contribution in [0.15, 0.2) is 16.6 Å². The van der Waals surface area contributed by atoms with Crippen LogP contribution in [0.25, 0.3) is 0 Å². The topological polar surface area (TPSA) is 68.8 Å². The Kier molecular flexibility index (Phi) is 6.29. The van der Waals surface area contributed by atoms with Gasteiger partial charge in [-0.15, -0.1) is 0 Å². The molecule has 1 aromatic carbocycles. The standard InChI is InChI=1S/C14H21BrN2O4/c1-14(2,3)21-13(18)17-16-8-9-6-11(19-4)12(20-5)7-10(9)15/h6-7,16H,8H2,1-5H3,(H,17,18). The van der Waals surface area contributed by atoms with Crippen molar-refractivity contribution in [3.8, 4) is 11.5 Å².